The van der Waals surface area contributed by atoms with E-state index in [4.69, 9.17) is 11.6 Å². The smallest absolute Gasteiger partial charge is 0.251 e. The number of nitrogens with zero attached hydrogens (tertiary/aromatic N) is 2. The van der Waals surface area contributed by atoms with Crippen molar-refractivity contribution in [2.45, 2.75) is 6.04 Å². The van der Waals surface area contributed by atoms with Gasteiger partial charge < -0.3 is 15.5 Å². The third-order valence-corrected chi connectivity index (χ3v) is 3.60. The van der Waals surface area contributed by atoms with Gasteiger partial charge in [-0.05, 0) is 30.3 Å². The largest absolute Gasteiger partial charge is 0.369 e. The van der Waals surface area contributed by atoms with Crippen molar-refractivity contribution in [3.05, 3.63) is 47.1 Å². The summed E-state index contributed by atoms with van der Waals surface area (Å²) in [5.41, 5.74) is 2.43. The van der Waals surface area contributed by atoms with Crippen LogP contribution in [0.5, 0.6) is 0 Å². The van der Waals surface area contributed by atoms with Gasteiger partial charge >= 0.3 is 0 Å². The van der Waals surface area contributed by atoms with Gasteiger partial charge in [-0.25, -0.2) is 4.98 Å². The Hall–Kier alpha value is -2.27. The number of carbonyl (C=O) groups excluding carboxylic acids is 1. The Morgan fingerprint density at radius 3 is 2.76 bits per heavy atom. The Bertz CT molecular complexity index is 685. The van der Waals surface area contributed by atoms with E-state index in [1.807, 2.05) is 37.2 Å². The van der Waals surface area contributed by atoms with Crippen molar-refractivity contribution in [1.82, 2.24) is 4.98 Å². The molecule has 1 aromatic heterocycles. The molecule has 2 N–H and O–H groups in total. The lowest BCUT2D eigenvalue weighted by Gasteiger charge is -2.15. The highest BCUT2D eigenvalue weighted by Crippen LogP contribution is 2.35. The molecule has 0 radical (unpaired) electrons. The van der Waals surface area contributed by atoms with Crippen LogP contribution >= 0.6 is 11.6 Å². The van der Waals surface area contributed by atoms with E-state index in [1.165, 1.54) is 0 Å². The van der Waals surface area contributed by atoms with Crippen LogP contribution in [0.15, 0.2) is 36.5 Å². The minimum absolute atomic E-state index is 0.0936. The molecule has 3 rings (SSSR count). The summed E-state index contributed by atoms with van der Waals surface area (Å²) in [6, 6.07) is 8.72. The third-order valence-electron chi connectivity index (χ3n) is 3.36. The number of nitrogens with one attached hydrogen (secondary N) is 2. The number of amides is 1. The number of benzene rings is 1. The average molecular weight is 303 g/mol. The van der Waals surface area contributed by atoms with Crippen LogP contribution in [-0.4, -0.2) is 25.0 Å². The SMILES string of the molecule is CN(C)c1ccc(NC2C(=O)Nc3ccc(Cl)cc32)cn1. The molecule has 6 heteroatoms. The van der Waals surface area contributed by atoms with Crippen LogP contribution in [-0.2, 0) is 4.79 Å². The topological polar surface area (TPSA) is 57.3 Å². The lowest BCUT2D eigenvalue weighted by atomic mass is 10.1. The van der Waals surface area contributed by atoms with Gasteiger partial charge in [0.1, 0.15) is 11.9 Å². The van der Waals surface area contributed by atoms with E-state index < -0.39 is 6.04 Å². The molecule has 1 aromatic carbocycles. The van der Waals surface area contributed by atoms with Crippen molar-refractivity contribution in [2.24, 2.45) is 0 Å². The lowest BCUT2D eigenvalue weighted by Crippen LogP contribution is -2.20. The van der Waals surface area contributed by atoms with Gasteiger partial charge in [0.05, 0.1) is 11.9 Å². The monoisotopic (exact) mass is 302 g/mol. The first kappa shape index (κ1) is 13.7. The summed E-state index contributed by atoms with van der Waals surface area (Å²) in [4.78, 5) is 18.3. The second-order valence-electron chi connectivity index (χ2n) is 5.10. The van der Waals surface area contributed by atoms with Crippen molar-refractivity contribution in [1.29, 1.82) is 0 Å². The molecule has 1 aliphatic heterocycles. The van der Waals surface area contributed by atoms with Gasteiger partial charge in [-0.2, -0.15) is 0 Å². The standard InChI is InChI=1S/C15H15ClN4O/c1-20(2)13-6-4-10(8-17-13)18-14-11-7-9(16)3-5-12(11)19-15(14)21/h3-8,14,18H,1-2H3,(H,19,21). The van der Waals surface area contributed by atoms with Crippen LogP contribution in [0.25, 0.3) is 0 Å². The number of anilines is 3. The summed E-state index contributed by atoms with van der Waals surface area (Å²) in [5, 5.41) is 6.63. The maximum Gasteiger partial charge on any atom is 0.251 e. The number of hydrogen-bond acceptors (Lipinski definition) is 4. The van der Waals surface area contributed by atoms with Crippen molar-refractivity contribution in [2.75, 3.05) is 29.6 Å². The Morgan fingerprint density at radius 2 is 2.10 bits per heavy atom. The summed E-state index contributed by atoms with van der Waals surface area (Å²) in [5.74, 6) is 0.767. The second-order valence-corrected chi connectivity index (χ2v) is 5.53. The molecule has 21 heavy (non-hydrogen) atoms. The predicted octanol–water partition coefficient (Wildman–Crippen LogP) is 2.91. The maximum absolute atomic E-state index is 12.1. The van der Waals surface area contributed by atoms with Crippen LogP contribution in [0.2, 0.25) is 5.02 Å². The van der Waals surface area contributed by atoms with Gasteiger partial charge in [0.25, 0.3) is 5.91 Å². The van der Waals surface area contributed by atoms with Crippen LogP contribution < -0.4 is 15.5 Å². The number of pyridine rings is 1. The molecule has 0 spiro atoms. The molecule has 1 aliphatic rings. The van der Waals surface area contributed by atoms with E-state index in [2.05, 4.69) is 15.6 Å². The van der Waals surface area contributed by atoms with Crippen LogP contribution in [0.4, 0.5) is 17.2 Å². The van der Waals surface area contributed by atoms with Crippen molar-refractivity contribution < 1.29 is 4.79 Å². The molecule has 5 nitrogen and oxygen atoms in total. The molecule has 0 aliphatic carbocycles. The first-order chi connectivity index (χ1) is 10.0. The summed E-state index contributed by atoms with van der Waals surface area (Å²) < 4.78 is 0. The van der Waals surface area contributed by atoms with E-state index in [-0.39, 0.29) is 5.91 Å². The third kappa shape index (κ3) is 2.64. The Morgan fingerprint density at radius 1 is 1.29 bits per heavy atom. The fraction of sp³-hybridized carbons (Fsp3) is 0.200. The van der Waals surface area contributed by atoms with Crippen LogP contribution in [0.1, 0.15) is 11.6 Å². The summed E-state index contributed by atoms with van der Waals surface area (Å²) >= 11 is 6.01. The second kappa shape index (κ2) is 5.26. The molecule has 1 unspecified atom stereocenters. The van der Waals surface area contributed by atoms with Gasteiger partial charge in [-0.3, -0.25) is 4.79 Å². The first-order valence-electron chi connectivity index (χ1n) is 6.55. The van der Waals surface area contributed by atoms with Crippen LogP contribution in [0.3, 0.4) is 0 Å². The highest BCUT2D eigenvalue weighted by molar-refractivity contribution is 6.31. The molecule has 0 saturated heterocycles. The van der Waals surface area contributed by atoms with E-state index in [0.717, 1.165) is 22.8 Å². The molecule has 108 valence electrons. The average Bonchev–Trinajstić information content (AvgIpc) is 2.76. The van der Waals surface area contributed by atoms with E-state index in [1.54, 1.807) is 18.3 Å². The molecule has 0 fully saturated rings. The lowest BCUT2D eigenvalue weighted by molar-refractivity contribution is -0.116. The molecule has 2 aromatic rings. The van der Waals surface area contributed by atoms with Gasteiger partial charge in [-0.1, -0.05) is 11.6 Å². The number of halogens is 1. The number of aromatic nitrogens is 1. The normalized spacial score (nSPS) is 16.3. The molecule has 0 bridgehead atoms. The highest BCUT2D eigenvalue weighted by Gasteiger charge is 2.30. The number of carbonyl (C=O) groups is 1. The number of hydrogen-bond donors (Lipinski definition) is 2. The van der Waals surface area contributed by atoms with Crippen molar-refractivity contribution in [3.63, 3.8) is 0 Å². The van der Waals surface area contributed by atoms with Crippen molar-refractivity contribution in [3.8, 4) is 0 Å². The fourth-order valence-electron chi connectivity index (χ4n) is 2.28. The molecular formula is C15H15ClN4O. The summed E-state index contributed by atoms with van der Waals surface area (Å²) in [6.07, 6.45) is 1.71. The Labute approximate surface area is 127 Å². The summed E-state index contributed by atoms with van der Waals surface area (Å²) in [7, 11) is 3.86. The predicted molar refractivity (Wildman–Crippen MR) is 85.0 cm³/mol. The van der Waals surface area contributed by atoms with E-state index in [0.29, 0.717) is 5.02 Å². The van der Waals surface area contributed by atoms with Gasteiger partial charge in [0, 0.05) is 30.4 Å². The zero-order chi connectivity index (χ0) is 15.0. The van der Waals surface area contributed by atoms with E-state index in [9.17, 15) is 4.79 Å². The van der Waals surface area contributed by atoms with Gasteiger partial charge in [0.15, 0.2) is 0 Å². The molecule has 1 amide bonds. The summed E-state index contributed by atoms with van der Waals surface area (Å²) in [6.45, 7) is 0. The van der Waals surface area contributed by atoms with Crippen molar-refractivity contribution >= 4 is 34.7 Å². The fourth-order valence-corrected chi connectivity index (χ4v) is 2.46. The van der Waals surface area contributed by atoms with Gasteiger partial charge in [-0.15, -0.1) is 0 Å². The van der Waals surface area contributed by atoms with E-state index >= 15 is 0 Å². The molecule has 0 saturated carbocycles. The zero-order valence-electron chi connectivity index (χ0n) is 11.7. The molecule has 2 heterocycles. The first-order valence-corrected chi connectivity index (χ1v) is 6.92. The quantitative estimate of drug-likeness (QED) is 0.915. The minimum atomic E-state index is -0.453. The minimum Gasteiger partial charge on any atom is -0.369 e. The zero-order valence-corrected chi connectivity index (χ0v) is 12.5. The molecular weight excluding hydrogens is 288 g/mol. The maximum atomic E-state index is 12.1. The number of fused-ring (bicyclic) bond motifs is 1. The molecule has 1 atom stereocenters. The highest BCUT2D eigenvalue weighted by atomic mass is 35.5. The number of rotatable bonds is 3. The Kier molecular flexibility index (Phi) is 3.43. The van der Waals surface area contributed by atoms with Crippen LogP contribution in [0, 0.1) is 0 Å². The van der Waals surface area contributed by atoms with Gasteiger partial charge in [0.2, 0.25) is 0 Å². The Balaban J connectivity index is 1.85.